The van der Waals surface area contributed by atoms with Gasteiger partial charge in [0.15, 0.2) is 5.82 Å². The van der Waals surface area contributed by atoms with Crippen molar-refractivity contribution in [2.45, 2.75) is 0 Å². The van der Waals surface area contributed by atoms with E-state index in [0.29, 0.717) is 33.3 Å². The first-order valence-electron chi connectivity index (χ1n) is 7.68. The molecule has 4 aromatic rings. The number of nitrogens with zero attached hydrogens (tertiary/aromatic N) is 2. The molecule has 0 aliphatic rings. The molecule has 0 fully saturated rings. The van der Waals surface area contributed by atoms with Gasteiger partial charge in [-0.3, -0.25) is 9.89 Å². The van der Waals surface area contributed by atoms with Gasteiger partial charge in [0.25, 0.3) is 5.91 Å². The van der Waals surface area contributed by atoms with Gasteiger partial charge in [0.1, 0.15) is 22.9 Å². The molecule has 2 heterocycles. The van der Waals surface area contributed by atoms with Crippen molar-refractivity contribution in [2.75, 3.05) is 11.1 Å². The number of nitrogen functional groups attached to an aromatic ring is 1. The molecule has 4 rings (SSSR count). The highest BCUT2D eigenvalue weighted by atomic mass is 35.5. The SMILES string of the molecule is Nc1cc2nc(-c3[nH]ncc3NC(=O)c3c(F)cccc3F)[nH]c2cc1Cl. The van der Waals surface area contributed by atoms with E-state index < -0.39 is 23.1 Å². The molecule has 27 heavy (non-hydrogen) atoms. The van der Waals surface area contributed by atoms with Crippen LogP contribution in [-0.4, -0.2) is 26.1 Å². The van der Waals surface area contributed by atoms with Crippen molar-refractivity contribution in [3.63, 3.8) is 0 Å². The third kappa shape index (κ3) is 2.97. The van der Waals surface area contributed by atoms with Crippen molar-refractivity contribution in [1.82, 2.24) is 20.2 Å². The minimum atomic E-state index is -0.966. The number of benzene rings is 2. The highest BCUT2D eigenvalue weighted by Gasteiger charge is 2.20. The van der Waals surface area contributed by atoms with Crippen molar-refractivity contribution in [2.24, 2.45) is 0 Å². The van der Waals surface area contributed by atoms with Gasteiger partial charge in [0.2, 0.25) is 0 Å². The molecule has 0 spiro atoms. The second-order valence-corrected chi connectivity index (χ2v) is 6.09. The van der Waals surface area contributed by atoms with Crippen LogP contribution in [0, 0.1) is 11.6 Å². The number of fused-ring (bicyclic) bond motifs is 1. The lowest BCUT2D eigenvalue weighted by Gasteiger charge is -2.06. The summed E-state index contributed by atoms with van der Waals surface area (Å²) in [6, 6.07) is 6.40. The maximum Gasteiger partial charge on any atom is 0.261 e. The standard InChI is InChI=1S/C17H11ClF2N6O/c18-7-4-11-12(5-10(7)21)24-16(23-11)15-13(6-22-26-15)25-17(27)14-8(19)2-1-3-9(14)20/h1-6H,21H2,(H,22,26)(H,23,24)(H,25,27). The highest BCUT2D eigenvalue weighted by molar-refractivity contribution is 6.33. The second-order valence-electron chi connectivity index (χ2n) is 5.69. The molecule has 0 saturated carbocycles. The quantitative estimate of drug-likeness (QED) is 0.400. The summed E-state index contributed by atoms with van der Waals surface area (Å²) in [5.74, 6) is -2.54. The van der Waals surface area contributed by atoms with E-state index in [4.69, 9.17) is 17.3 Å². The lowest BCUT2D eigenvalue weighted by molar-refractivity contribution is 0.101. The van der Waals surface area contributed by atoms with Crippen LogP contribution in [-0.2, 0) is 0 Å². The molecule has 0 atom stereocenters. The summed E-state index contributed by atoms with van der Waals surface area (Å²) in [5, 5.41) is 9.34. The molecule has 2 aromatic carbocycles. The molecule has 0 saturated heterocycles. The fraction of sp³-hybridized carbons (Fsp3) is 0. The van der Waals surface area contributed by atoms with Gasteiger partial charge in [-0.2, -0.15) is 5.10 Å². The number of rotatable bonds is 3. The van der Waals surface area contributed by atoms with E-state index in [1.165, 1.54) is 12.3 Å². The zero-order valence-corrected chi connectivity index (χ0v) is 14.2. The van der Waals surface area contributed by atoms with Crippen molar-refractivity contribution in [3.8, 4) is 11.5 Å². The molecule has 7 nitrogen and oxygen atoms in total. The Labute approximate surface area is 155 Å². The number of amides is 1. The predicted octanol–water partition coefficient (Wildman–Crippen LogP) is 3.72. The average molecular weight is 389 g/mol. The van der Waals surface area contributed by atoms with Gasteiger partial charge in [-0.1, -0.05) is 17.7 Å². The van der Waals surface area contributed by atoms with E-state index in [1.807, 2.05) is 0 Å². The summed E-state index contributed by atoms with van der Waals surface area (Å²) in [7, 11) is 0. The number of aromatic amines is 2. The minimum absolute atomic E-state index is 0.195. The minimum Gasteiger partial charge on any atom is -0.397 e. The number of imidazole rings is 1. The van der Waals surface area contributed by atoms with E-state index >= 15 is 0 Å². The van der Waals surface area contributed by atoms with Crippen molar-refractivity contribution in [3.05, 3.63) is 58.7 Å². The maximum atomic E-state index is 13.8. The normalized spacial score (nSPS) is 11.1. The fourth-order valence-corrected chi connectivity index (χ4v) is 2.79. The fourth-order valence-electron chi connectivity index (χ4n) is 2.63. The third-order valence-corrected chi connectivity index (χ3v) is 4.24. The van der Waals surface area contributed by atoms with Gasteiger partial charge >= 0.3 is 0 Å². The number of anilines is 2. The summed E-state index contributed by atoms with van der Waals surface area (Å²) >= 11 is 6.00. The number of carbonyl (C=O) groups excluding carboxylic acids is 1. The lowest BCUT2D eigenvalue weighted by Crippen LogP contribution is -2.16. The van der Waals surface area contributed by atoms with Gasteiger partial charge in [0.05, 0.1) is 33.6 Å². The molecule has 0 radical (unpaired) electrons. The van der Waals surface area contributed by atoms with Crippen LogP contribution < -0.4 is 11.1 Å². The number of hydrogen-bond donors (Lipinski definition) is 4. The zero-order chi connectivity index (χ0) is 19.1. The second kappa shape index (κ2) is 6.36. The Kier molecular flexibility index (Phi) is 4.00. The number of halogens is 3. The Morgan fingerprint density at radius 3 is 2.70 bits per heavy atom. The summed E-state index contributed by atoms with van der Waals surface area (Å²) in [4.78, 5) is 19.7. The molecule has 2 aromatic heterocycles. The molecule has 0 aliphatic carbocycles. The average Bonchev–Trinajstić information content (AvgIpc) is 3.21. The van der Waals surface area contributed by atoms with E-state index in [1.54, 1.807) is 12.1 Å². The molecule has 1 amide bonds. The van der Waals surface area contributed by atoms with Gasteiger partial charge < -0.3 is 16.0 Å². The van der Waals surface area contributed by atoms with E-state index in [-0.39, 0.29) is 5.69 Å². The summed E-state index contributed by atoms with van der Waals surface area (Å²) < 4.78 is 27.6. The van der Waals surface area contributed by atoms with Crippen LogP contribution in [0.25, 0.3) is 22.6 Å². The first kappa shape index (κ1) is 17.0. The number of nitrogens with one attached hydrogen (secondary N) is 3. The summed E-state index contributed by atoms with van der Waals surface area (Å²) in [6.07, 6.45) is 1.31. The van der Waals surface area contributed by atoms with Gasteiger partial charge in [-0.25, -0.2) is 13.8 Å². The maximum absolute atomic E-state index is 13.8. The molecule has 0 unspecified atom stereocenters. The summed E-state index contributed by atoms with van der Waals surface area (Å²) in [6.45, 7) is 0. The van der Waals surface area contributed by atoms with E-state index in [0.717, 1.165) is 12.1 Å². The van der Waals surface area contributed by atoms with E-state index in [9.17, 15) is 13.6 Å². The molecular weight excluding hydrogens is 378 g/mol. The van der Waals surface area contributed by atoms with Crippen LogP contribution in [0.2, 0.25) is 5.02 Å². The molecule has 10 heteroatoms. The topological polar surface area (TPSA) is 112 Å². The monoisotopic (exact) mass is 388 g/mol. The number of nitrogens with two attached hydrogens (primary N) is 1. The molecule has 5 N–H and O–H groups in total. The van der Waals surface area contributed by atoms with Gasteiger partial charge in [0, 0.05) is 0 Å². The van der Waals surface area contributed by atoms with Crippen LogP contribution in [0.3, 0.4) is 0 Å². The molecule has 136 valence electrons. The van der Waals surface area contributed by atoms with Crippen LogP contribution in [0.4, 0.5) is 20.2 Å². The summed E-state index contributed by atoms with van der Waals surface area (Å²) in [5.41, 5.74) is 7.15. The largest absolute Gasteiger partial charge is 0.397 e. The Bertz CT molecular complexity index is 1130. The zero-order valence-electron chi connectivity index (χ0n) is 13.5. The van der Waals surface area contributed by atoms with Crippen molar-refractivity contribution < 1.29 is 13.6 Å². The van der Waals surface area contributed by atoms with Crippen LogP contribution >= 0.6 is 11.6 Å². The van der Waals surface area contributed by atoms with E-state index in [2.05, 4.69) is 25.5 Å². The number of carbonyl (C=O) groups is 1. The Morgan fingerprint density at radius 1 is 1.22 bits per heavy atom. The van der Waals surface area contributed by atoms with Gasteiger partial charge in [-0.15, -0.1) is 0 Å². The lowest BCUT2D eigenvalue weighted by atomic mass is 10.2. The van der Waals surface area contributed by atoms with Crippen LogP contribution in [0.15, 0.2) is 36.5 Å². The smallest absolute Gasteiger partial charge is 0.261 e. The third-order valence-electron chi connectivity index (χ3n) is 3.91. The first-order chi connectivity index (χ1) is 12.9. The number of H-pyrrole nitrogens is 2. The van der Waals surface area contributed by atoms with Crippen LogP contribution in [0.1, 0.15) is 10.4 Å². The Balaban J connectivity index is 1.70. The van der Waals surface area contributed by atoms with Crippen LogP contribution in [0.5, 0.6) is 0 Å². The number of hydrogen-bond acceptors (Lipinski definition) is 4. The predicted molar refractivity (Wildman–Crippen MR) is 97.4 cm³/mol. The first-order valence-corrected chi connectivity index (χ1v) is 8.05. The molecule has 0 aliphatic heterocycles. The molecular formula is C17H11ClF2N6O. The highest BCUT2D eigenvalue weighted by Crippen LogP contribution is 2.29. The van der Waals surface area contributed by atoms with Crippen molar-refractivity contribution >= 4 is 39.9 Å². The Hall–Kier alpha value is -3.46. The Morgan fingerprint density at radius 2 is 1.96 bits per heavy atom. The van der Waals surface area contributed by atoms with Gasteiger partial charge in [-0.05, 0) is 24.3 Å². The number of aromatic nitrogens is 4. The van der Waals surface area contributed by atoms with Crippen molar-refractivity contribution in [1.29, 1.82) is 0 Å². The molecule has 0 bridgehead atoms.